The van der Waals surface area contributed by atoms with Gasteiger partial charge < -0.3 is 15.0 Å². The van der Waals surface area contributed by atoms with Crippen LogP contribution < -0.4 is 10.1 Å². The molecule has 0 aromatic heterocycles. The third-order valence-electron chi connectivity index (χ3n) is 4.80. The summed E-state index contributed by atoms with van der Waals surface area (Å²) in [5.74, 6) is 1.07. The number of ether oxygens (including phenoxy) is 1. The van der Waals surface area contributed by atoms with Crippen LogP contribution in [0.2, 0.25) is 0 Å². The standard InChI is InChI=1S/C17H22N2O3/c1-22-14-4-2-3-13(11-14)12-16(21)19-9-7-17(8-10-19)6-5-15(20)18-17/h2-4,11H,5-10,12H2,1H3,(H,18,20). The van der Waals surface area contributed by atoms with Gasteiger partial charge in [-0.15, -0.1) is 0 Å². The summed E-state index contributed by atoms with van der Waals surface area (Å²) in [6.45, 7) is 1.45. The molecule has 1 spiro atoms. The molecule has 2 aliphatic heterocycles. The van der Waals surface area contributed by atoms with Gasteiger partial charge in [0.15, 0.2) is 0 Å². The maximum atomic E-state index is 12.4. The number of methoxy groups -OCH3 is 1. The van der Waals surface area contributed by atoms with E-state index in [1.165, 1.54) is 0 Å². The van der Waals surface area contributed by atoms with Crippen molar-refractivity contribution in [3.8, 4) is 5.75 Å². The number of rotatable bonds is 3. The monoisotopic (exact) mass is 302 g/mol. The summed E-state index contributed by atoms with van der Waals surface area (Å²) < 4.78 is 5.19. The number of likely N-dealkylation sites (tertiary alicyclic amines) is 1. The quantitative estimate of drug-likeness (QED) is 0.921. The number of hydrogen-bond acceptors (Lipinski definition) is 3. The summed E-state index contributed by atoms with van der Waals surface area (Å²) in [6, 6.07) is 7.63. The Morgan fingerprint density at radius 2 is 2.09 bits per heavy atom. The molecular formula is C17H22N2O3. The number of nitrogens with zero attached hydrogens (tertiary/aromatic N) is 1. The molecule has 1 aromatic rings. The van der Waals surface area contributed by atoms with Crippen molar-refractivity contribution in [2.24, 2.45) is 0 Å². The Kier molecular flexibility index (Phi) is 4.05. The van der Waals surface area contributed by atoms with Gasteiger partial charge in [0.05, 0.1) is 13.5 Å². The van der Waals surface area contributed by atoms with E-state index in [4.69, 9.17) is 4.74 Å². The molecule has 3 rings (SSSR count). The second-order valence-corrected chi connectivity index (χ2v) is 6.24. The van der Waals surface area contributed by atoms with Gasteiger partial charge in [-0.05, 0) is 37.0 Å². The van der Waals surface area contributed by atoms with Gasteiger partial charge in [-0.2, -0.15) is 0 Å². The molecule has 5 heteroatoms. The molecule has 22 heavy (non-hydrogen) atoms. The van der Waals surface area contributed by atoms with Gasteiger partial charge in [-0.25, -0.2) is 0 Å². The number of piperidine rings is 1. The van der Waals surface area contributed by atoms with Gasteiger partial charge in [0.25, 0.3) is 0 Å². The van der Waals surface area contributed by atoms with E-state index in [0.29, 0.717) is 12.8 Å². The smallest absolute Gasteiger partial charge is 0.226 e. The number of carbonyl (C=O) groups is 2. The maximum Gasteiger partial charge on any atom is 0.226 e. The summed E-state index contributed by atoms with van der Waals surface area (Å²) in [7, 11) is 1.63. The van der Waals surface area contributed by atoms with Crippen molar-refractivity contribution in [1.29, 1.82) is 0 Å². The van der Waals surface area contributed by atoms with Crippen molar-refractivity contribution in [1.82, 2.24) is 10.2 Å². The van der Waals surface area contributed by atoms with E-state index < -0.39 is 0 Å². The molecule has 118 valence electrons. The Morgan fingerprint density at radius 1 is 1.32 bits per heavy atom. The number of carbonyl (C=O) groups excluding carboxylic acids is 2. The first-order chi connectivity index (χ1) is 10.6. The summed E-state index contributed by atoms with van der Waals surface area (Å²) in [5, 5.41) is 3.10. The van der Waals surface area contributed by atoms with Crippen molar-refractivity contribution < 1.29 is 14.3 Å². The fraction of sp³-hybridized carbons (Fsp3) is 0.529. The normalized spacial score (nSPS) is 20.0. The highest BCUT2D eigenvalue weighted by molar-refractivity contribution is 5.80. The molecule has 0 atom stereocenters. The summed E-state index contributed by atoms with van der Waals surface area (Å²) in [6.07, 6.45) is 3.66. The maximum absolute atomic E-state index is 12.4. The van der Waals surface area contributed by atoms with Crippen LogP contribution in [0.15, 0.2) is 24.3 Å². The average molecular weight is 302 g/mol. The van der Waals surface area contributed by atoms with Gasteiger partial charge >= 0.3 is 0 Å². The third-order valence-corrected chi connectivity index (χ3v) is 4.80. The predicted octanol–water partition coefficient (Wildman–Crippen LogP) is 1.51. The lowest BCUT2D eigenvalue weighted by molar-refractivity contribution is -0.132. The molecule has 0 saturated carbocycles. The Labute approximate surface area is 130 Å². The third kappa shape index (κ3) is 3.08. The summed E-state index contributed by atoms with van der Waals surface area (Å²) in [4.78, 5) is 25.8. The molecule has 2 saturated heterocycles. The first-order valence-corrected chi connectivity index (χ1v) is 7.82. The van der Waals surface area contributed by atoms with Crippen LogP contribution in [0.5, 0.6) is 5.75 Å². The zero-order valence-electron chi connectivity index (χ0n) is 12.9. The lowest BCUT2D eigenvalue weighted by atomic mass is 9.86. The molecule has 0 aliphatic carbocycles. The van der Waals surface area contributed by atoms with E-state index in [2.05, 4.69) is 5.32 Å². The van der Waals surface area contributed by atoms with Crippen molar-refractivity contribution in [2.75, 3.05) is 20.2 Å². The molecule has 2 amide bonds. The number of amides is 2. The van der Waals surface area contributed by atoms with Gasteiger partial charge in [0.1, 0.15) is 5.75 Å². The second kappa shape index (κ2) is 5.99. The van der Waals surface area contributed by atoms with E-state index in [1.807, 2.05) is 29.2 Å². The molecule has 5 nitrogen and oxygen atoms in total. The highest BCUT2D eigenvalue weighted by Gasteiger charge is 2.40. The second-order valence-electron chi connectivity index (χ2n) is 6.24. The van der Waals surface area contributed by atoms with Crippen molar-refractivity contribution in [3.05, 3.63) is 29.8 Å². The Bertz CT molecular complexity index is 577. The minimum absolute atomic E-state index is 0.0518. The number of benzene rings is 1. The molecule has 2 heterocycles. The Hall–Kier alpha value is -2.04. The first-order valence-electron chi connectivity index (χ1n) is 7.82. The van der Waals surface area contributed by atoms with Crippen molar-refractivity contribution in [2.45, 2.75) is 37.6 Å². The van der Waals surface area contributed by atoms with Gasteiger partial charge in [-0.1, -0.05) is 12.1 Å². The zero-order chi connectivity index (χ0) is 15.6. The topological polar surface area (TPSA) is 58.6 Å². The van der Waals surface area contributed by atoms with E-state index in [9.17, 15) is 9.59 Å². The average Bonchev–Trinajstić information content (AvgIpc) is 2.89. The molecule has 0 unspecified atom stereocenters. The lowest BCUT2D eigenvalue weighted by Crippen LogP contribution is -2.52. The molecule has 0 radical (unpaired) electrons. The van der Waals surface area contributed by atoms with Crippen LogP contribution >= 0.6 is 0 Å². The Morgan fingerprint density at radius 3 is 2.73 bits per heavy atom. The van der Waals surface area contributed by atoms with Crippen molar-refractivity contribution in [3.63, 3.8) is 0 Å². The van der Waals surface area contributed by atoms with E-state index >= 15 is 0 Å². The SMILES string of the molecule is COc1cccc(CC(=O)N2CCC3(CCC(=O)N3)CC2)c1. The number of nitrogens with one attached hydrogen (secondary N) is 1. The van der Waals surface area contributed by atoms with Crippen LogP contribution in [-0.4, -0.2) is 42.5 Å². The van der Waals surface area contributed by atoms with Crippen LogP contribution in [0.3, 0.4) is 0 Å². The van der Waals surface area contributed by atoms with E-state index in [1.54, 1.807) is 7.11 Å². The Balaban J connectivity index is 1.56. The highest BCUT2D eigenvalue weighted by Crippen LogP contribution is 2.31. The van der Waals surface area contributed by atoms with Crippen LogP contribution in [0.1, 0.15) is 31.2 Å². The molecular weight excluding hydrogens is 280 g/mol. The summed E-state index contributed by atoms with van der Waals surface area (Å²) >= 11 is 0. The van der Waals surface area contributed by atoms with Crippen LogP contribution in [-0.2, 0) is 16.0 Å². The molecule has 2 fully saturated rings. The summed E-state index contributed by atoms with van der Waals surface area (Å²) in [5.41, 5.74) is 0.919. The zero-order valence-corrected chi connectivity index (χ0v) is 12.9. The predicted molar refractivity (Wildman–Crippen MR) is 82.6 cm³/mol. The molecule has 2 aliphatic rings. The molecule has 1 N–H and O–H groups in total. The van der Waals surface area contributed by atoms with Gasteiger partial charge in [-0.3, -0.25) is 9.59 Å². The number of hydrogen-bond donors (Lipinski definition) is 1. The lowest BCUT2D eigenvalue weighted by Gasteiger charge is -2.39. The largest absolute Gasteiger partial charge is 0.497 e. The van der Waals surface area contributed by atoms with Crippen LogP contribution in [0, 0.1) is 0 Å². The van der Waals surface area contributed by atoms with Crippen LogP contribution in [0.4, 0.5) is 0 Å². The first kappa shape index (κ1) is 14.9. The van der Waals surface area contributed by atoms with E-state index in [-0.39, 0.29) is 17.4 Å². The van der Waals surface area contributed by atoms with Gasteiger partial charge in [0, 0.05) is 25.0 Å². The fourth-order valence-electron chi connectivity index (χ4n) is 3.40. The van der Waals surface area contributed by atoms with Crippen LogP contribution in [0.25, 0.3) is 0 Å². The van der Waals surface area contributed by atoms with E-state index in [0.717, 1.165) is 43.7 Å². The van der Waals surface area contributed by atoms with Gasteiger partial charge in [0.2, 0.25) is 11.8 Å². The minimum atomic E-state index is -0.0518. The molecule has 1 aromatic carbocycles. The van der Waals surface area contributed by atoms with Crippen molar-refractivity contribution >= 4 is 11.8 Å². The highest BCUT2D eigenvalue weighted by atomic mass is 16.5. The minimum Gasteiger partial charge on any atom is -0.497 e. The fourth-order valence-corrected chi connectivity index (χ4v) is 3.40. The molecule has 0 bridgehead atoms.